The van der Waals surface area contributed by atoms with Crippen molar-refractivity contribution in [2.45, 2.75) is 6.18 Å². The molecule has 0 unspecified atom stereocenters. The fourth-order valence-corrected chi connectivity index (χ4v) is 0.991. The van der Waals surface area contributed by atoms with E-state index in [1.807, 2.05) is 0 Å². The third-order valence-electron chi connectivity index (χ3n) is 1.73. The number of rotatable bonds is 2. The summed E-state index contributed by atoms with van der Waals surface area (Å²) in [6.45, 7) is 0. The molecule has 86 valence electrons. The van der Waals surface area contributed by atoms with Crippen LogP contribution in [0.3, 0.4) is 0 Å². The molecule has 1 rings (SSSR count). The minimum absolute atomic E-state index is 0.172. The molecule has 16 heavy (non-hydrogen) atoms. The maximum absolute atomic E-state index is 12.9. The van der Waals surface area contributed by atoms with Gasteiger partial charge in [0.1, 0.15) is 5.82 Å². The van der Waals surface area contributed by atoms with Crippen molar-refractivity contribution >= 4 is 11.8 Å². The molecule has 0 aliphatic heterocycles. The molecule has 0 amide bonds. The fourth-order valence-electron chi connectivity index (χ4n) is 0.991. The number of hydrogen-bond acceptors (Lipinski definition) is 2. The van der Waals surface area contributed by atoms with Crippen LogP contribution in [0.5, 0.6) is 0 Å². The summed E-state index contributed by atoms with van der Waals surface area (Å²) in [5, 5.41) is 8.26. The van der Waals surface area contributed by atoms with Crippen LogP contribution >= 0.6 is 0 Å². The monoisotopic (exact) mass is 236 g/mol. The van der Waals surface area contributed by atoms with Gasteiger partial charge in [-0.1, -0.05) is 0 Å². The fraction of sp³-hybridized carbons (Fsp3) is 0.111. The highest BCUT2D eigenvalue weighted by Gasteiger charge is 2.32. The molecule has 0 heterocycles. The van der Waals surface area contributed by atoms with E-state index in [0.717, 1.165) is 0 Å². The molecular weight excluding hydrogens is 232 g/mol. The van der Waals surface area contributed by atoms with E-state index in [2.05, 4.69) is 0 Å². The third kappa shape index (κ3) is 2.36. The number of carbonyl (C=O) groups is 2. The molecule has 0 spiro atoms. The number of halogens is 4. The van der Waals surface area contributed by atoms with Crippen molar-refractivity contribution in [2.75, 3.05) is 0 Å². The Kier molecular flexibility index (Phi) is 2.97. The van der Waals surface area contributed by atoms with Crippen LogP contribution < -0.4 is 0 Å². The first-order chi connectivity index (χ1) is 7.23. The van der Waals surface area contributed by atoms with Crippen LogP contribution in [0.25, 0.3) is 0 Å². The zero-order chi connectivity index (χ0) is 12.5. The van der Waals surface area contributed by atoms with Crippen molar-refractivity contribution in [1.82, 2.24) is 0 Å². The van der Waals surface area contributed by atoms with E-state index in [9.17, 15) is 27.2 Å². The number of benzene rings is 1. The van der Waals surface area contributed by atoms with Gasteiger partial charge >= 0.3 is 12.1 Å². The Morgan fingerprint density at radius 1 is 1.19 bits per heavy atom. The van der Waals surface area contributed by atoms with Crippen LogP contribution in [-0.2, 0) is 11.0 Å². The standard InChI is InChI=1S/C9H4F4O3/c10-6-2-1-4(9(11,12)13)3-5(6)7(14)8(15)16/h1-3H,(H,15,16). The predicted octanol–water partition coefficient (Wildman–Crippen LogP) is 2.11. The molecule has 0 bridgehead atoms. The summed E-state index contributed by atoms with van der Waals surface area (Å²) in [4.78, 5) is 21.1. The Hall–Kier alpha value is -1.92. The van der Waals surface area contributed by atoms with Gasteiger partial charge in [-0.25, -0.2) is 9.18 Å². The number of carbonyl (C=O) groups excluding carboxylic acids is 1. The highest BCUT2D eigenvalue weighted by atomic mass is 19.4. The van der Waals surface area contributed by atoms with E-state index in [4.69, 9.17) is 5.11 Å². The van der Waals surface area contributed by atoms with E-state index in [-0.39, 0.29) is 6.07 Å². The maximum Gasteiger partial charge on any atom is 0.416 e. The summed E-state index contributed by atoms with van der Waals surface area (Å²) in [6, 6.07) is 0.999. The zero-order valence-electron chi connectivity index (χ0n) is 7.51. The summed E-state index contributed by atoms with van der Waals surface area (Å²) in [5.41, 5.74) is -2.39. The Morgan fingerprint density at radius 3 is 2.19 bits per heavy atom. The number of alkyl halides is 3. The summed E-state index contributed by atoms with van der Waals surface area (Å²) in [5.74, 6) is -5.04. The first-order valence-electron chi connectivity index (χ1n) is 3.88. The van der Waals surface area contributed by atoms with Gasteiger partial charge in [-0.05, 0) is 18.2 Å². The zero-order valence-corrected chi connectivity index (χ0v) is 7.51. The SMILES string of the molecule is O=C(O)C(=O)c1cc(C(F)(F)F)ccc1F. The Bertz CT molecular complexity index is 451. The lowest BCUT2D eigenvalue weighted by Crippen LogP contribution is -2.16. The number of ketones is 1. The highest BCUT2D eigenvalue weighted by Crippen LogP contribution is 2.30. The average Bonchev–Trinajstić information content (AvgIpc) is 2.15. The van der Waals surface area contributed by atoms with Crippen LogP contribution in [-0.4, -0.2) is 16.9 Å². The normalized spacial score (nSPS) is 11.2. The number of aliphatic carboxylic acids is 1. The largest absolute Gasteiger partial charge is 0.475 e. The van der Waals surface area contributed by atoms with E-state index in [1.54, 1.807) is 0 Å². The van der Waals surface area contributed by atoms with Crippen molar-refractivity contribution < 1.29 is 32.3 Å². The molecule has 0 aromatic heterocycles. The lowest BCUT2D eigenvalue weighted by atomic mass is 10.1. The second-order valence-electron chi connectivity index (χ2n) is 2.83. The average molecular weight is 236 g/mol. The molecule has 0 saturated carbocycles. The van der Waals surface area contributed by atoms with Crippen LogP contribution in [0.15, 0.2) is 18.2 Å². The summed E-state index contributed by atoms with van der Waals surface area (Å²) < 4.78 is 49.5. The summed E-state index contributed by atoms with van der Waals surface area (Å²) in [6.07, 6.45) is -4.76. The Balaban J connectivity index is 3.30. The van der Waals surface area contributed by atoms with E-state index < -0.39 is 34.9 Å². The number of Topliss-reactive ketones (excluding diaryl/α,β-unsaturated/α-hetero) is 1. The van der Waals surface area contributed by atoms with Crippen molar-refractivity contribution in [3.63, 3.8) is 0 Å². The van der Waals surface area contributed by atoms with Gasteiger partial charge in [-0.15, -0.1) is 0 Å². The topological polar surface area (TPSA) is 54.4 Å². The van der Waals surface area contributed by atoms with Crippen molar-refractivity contribution in [3.05, 3.63) is 35.1 Å². The molecule has 7 heteroatoms. The molecule has 1 aromatic rings. The van der Waals surface area contributed by atoms with Gasteiger partial charge in [0.05, 0.1) is 11.1 Å². The van der Waals surface area contributed by atoms with Gasteiger partial charge in [-0.2, -0.15) is 13.2 Å². The molecule has 3 nitrogen and oxygen atoms in total. The van der Waals surface area contributed by atoms with Crippen LogP contribution in [0.1, 0.15) is 15.9 Å². The lowest BCUT2D eigenvalue weighted by Gasteiger charge is -2.07. The summed E-state index contributed by atoms with van der Waals surface area (Å²) >= 11 is 0. The maximum atomic E-state index is 12.9. The van der Waals surface area contributed by atoms with Crippen LogP contribution in [0.2, 0.25) is 0 Å². The smallest absolute Gasteiger partial charge is 0.416 e. The van der Waals surface area contributed by atoms with E-state index >= 15 is 0 Å². The van der Waals surface area contributed by atoms with Gasteiger partial charge < -0.3 is 5.11 Å². The molecular formula is C9H4F4O3. The molecule has 0 saturated heterocycles. The lowest BCUT2D eigenvalue weighted by molar-refractivity contribution is -0.138. The van der Waals surface area contributed by atoms with Crippen molar-refractivity contribution in [1.29, 1.82) is 0 Å². The Morgan fingerprint density at radius 2 is 1.75 bits per heavy atom. The second-order valence-corrected chi connectivity index (χ2v) is 2.83. The molecule has 0 radical (unpaired) electrons. The molecule has 0 aliphatic carbocycles. The first kappa shape index (κ1) is 12.2. The van der Waals surface area contributed by atoms with Gasteiger partial charge in [0.15, 0.2) is 0 Å². The minimum Gasteiger partial charge on any atom is -0.475 e. The van der Waals surface area contributed by atoms with Gasteiger partial charge in [0.25, 0.3) is 5.78 Å². The number of carboxylic acids is 1. The highest BCUT2D eigenvalue weighted by molar-refractivity contribution is 6.39. The van der Waals surface area contributed by atoms with Gasteiger partial charge in [-0.3, -0.25) is 4.79 Å². The van der Waals surface area contributed by atoms with Crippen molar-refractivity contribution in [3.8, 4) is 0 Å². The third-order valence-corrected chi connectivity index (χ3v) is 1.73. The van der Waals surface area contributed by atoms with E-state index in [1.165, 1.54) is 0 Å². The molecule has 0 atom stereocenters. The number of carboxylic acid groups (broad SMARTS) is 1. The molecule has 0 aliphatic rings. The summed E-state index contributed by atoms with van der Waals surface area (Å²) in [7, 11) is 0. The molecule has 0 fully saturated rings. The minimum atomic E-state index is -4.76. The van der Waals surface area contributed by atoms with E-state index in [0.29, 0.717) is 12.1 Å². The number of hydrogen-bond donors (Lipinski definition) is 1. The van der Waals surface area contributed by atoms with Crippen LogP contribution in [0, 0.1) is 5.82 Å². The second kappa shape index (κ2) is 3.92. The molecule has 1 aromatic carbocycles. The van der Waals surface area contributed by atoms with Crippen molar-refractivity contribution in [2.24, 2.45) is 0 Å². The predicted molar refractivity (Wildman–Crippen MR) is 43.4 cm³/mol. The van der Waals surface area contributed by atoms with Crippen LogP contribution in [0.4, 0.5) is 17.6 Å². The molecule has 1 N–H and O–H groups in total. The van der Waals surface area contributed by atoms with Gasteiger partial charge in [0.2, 0.25) is 0 Å². The quantitative estimate of drug-likeness (QED) is 0.486. The Labute approximate surface area is 86.3 Å². The van der Waals surface area contributed by atoms with Gasteiger partial charge in [0, 0.05) is 0 Å². The first-order valence-corrected chi connectivity index (χ1v) is 3.88.